The second-order valence-corrected chi connectivity index (χ2v) is 8.68. The van der Waals surface area contributed by atoms with Crippen LogP contribution >= 0.6 is 0 Å². The summed E-state index contributed by atoms with van der Waals surface area (Å²) in [6.07, 6.45) is 5.08. The molecule has 3 rings (SSSR count). The summed E-state index contributed by atoms with van der Waals surface area (Å²) in [5.41, 5.74) is 3.18. The Morgan fingerprint density at radius 3 is 2.41 bits per heavy atom. The number of amides is 1. The zero-order chi connectivity index (χ0) is 19.4. The quantitative estimate of drug-likeness (QED) is 0.759. The molecule has 0 N–H and O–H groups in total. The van der Waals surface area contributed by atoms with Crippen molar-refractivity contribution in [2.75, 3.05) is 39.8 Å². The smallest absolute Gasteiger partial charge is 0.219 e. The van der Waals surface area contributed by atoms with E-state index in [0.29, 0.717) is 18.0 Å². The fourth-order valence-corrected chi connectivity index (χ4v) is 4.84. The minimum absolute atomic E-state index is 0.157. The third-order valence-corrected chi connectivity index (χ3v) is 6.63. The van der Waals surface area contributed by atoms with Crippen molar-refractivity contribution in [2.45, 2.75) is 64.5 Å². The van der Waals surface area contributed by atoms with Crippen LogP contribution in [0, 0.1) is 0 Å². The minimum atomic E-state index is 0.157. The van der Waals surface area contributed by atoms with E-state index in [-0.39, 0.29) is 5.91 Å². The fraction of sp³-hybridized carbons (Fsp3) is 0.696. The molecule has 0 unspecified atom stereocenters. The summed E-state index contributed by atoms with van der Waals surface area (Å²) in [6.45, 7) is 11.7. The standard InChI is InChI=1S/C23H37N3O/c1-18(2)26-13-7-10-23(26)22-9-6-5-8-21(22)20-11-14-25(15-12-20)17-16-24(4)19(3)27/h5-6,8-9,18,20,23H,7,10-17H2,1-4H3/t23-/m1/s1. The summed E-state index contributed by atoms with van der Waals surface area (Å²) >= 11 is 0. The van der Waals surface area contributed by atoms with Gasteiger partial charge in [0.1, 0.15) is 0 Å². The molecule has 1 aromatic carbocycles. The van der Waals surface area contributed by atoms with Gasteiger partial charge in [0.15, 0.2) is 0 Å². The topological polar surface area (TPSA) is 26.8 Å². The summed E-state index contributed by atoms with van der Waals surface area (Å²) in [5, 5.41) is 0. The lowest BCUT2D eigenvalue weighted by Crippen LogP contribution is -2.39. The zero-order valence-corrected chi connectivity index (χ0v) is 17.7. The summed E-state index contributed by atoms with van der Waals surface area (Å²) in [4.78, 5) is 18.4. The van der Waals surface area contributed by atoms with Gasteiger partial charge >= 0.3 is 0 Å². The van der Waals surface area contributed by atoms with Crippen LogP contribution in [-0.2, 0) is 4.79 Å². The number of piperidine rings is 1. The molecule has 1 atom stereocenters. The lowest BCUT2D eigenvalue weighted by Gasteiger charge is -2.36. The Balaban J connectivity index is 1.63. The van der Waals surface area contributed by atoms with E-state index in [4.69, 9.17) is 0 Å². The maximum atomic E-state index is 11.4. The van der Waals surface area contributed by atoms with Gasteiger partial charge in [-0.05, 0) is 76.2 Å². The molecule has 0 aliphatic carbocycles. The van der Waals surface area contributed by atoms with Gasteiger partial charge in [-0.15, -0.1) is 0 Å². The second kappa shape index (κ2) is 9.20. The first-order valence-corrected chi connectivity index (χ1v) is 10.8. The maximum Gasteiger partial charge on any atom is 0.219 e. The highest BCUT2D eigenvalue weighted by Gasteiger charge is 2.31. The van der Waals surface area contributed by atoms with E-state index in [1.54, 1.807) is 18.1 Å². The molecule has 0 radical (unpaired) electrons. The summed E-state index contributed by atoms with van der Waals surface area (Å²) in [6, 6.07) is 10.4. The Kier molecular flexibility index (Phi) is 6.93. The first kappa shape index (κ1) is 20.3. The molecule has 1 aromatic rings. The molecule has 2 fully saturated rings. The lowest BCUT2D eigenvalue weighted by molar-refractivity contribution is -0.127. The zero-order valence-electron chi connectivity index (χ0n) is 17.7. The molecule has 4 nitrogen and oxygen atoms in total. The molecule has 0 saturated carbocycles. The van der Waals surface area contributed by atoms with E-state index in [1.807, 2.05) is 11.9 Å². The Bertz CT molecular complexity index is 622. The van der Waals surface area contributed by atoms with E-state index in [1.165, 1.54) is 32.2 Å². The number of benzene rings is 1. The summed E-state index contributed by atoms with van der Waals surface area (Å²) < 4.78 is 0. The first-order valence-electron chi connectivity index (χ1n) is 10.8. The molecule has 0 aromatic heterocycles. The van der Waals surface area contributed by atoms with E-state index in [0.717, 1.165) is 26.2 Å². The average molecular weight is 372 g/mol. The van der Waals surface area contributed by atoms with Crippen LogP contribution in [0.15, 0.2) is 24.3 Å². The molecular weight excluding hydrogens is 334 g/mol. The van der Waals surface area contributed by atoms with E-state index < -0.39 is 0 Å². The van der Waals surface area contributed by atoms with Crippen molar-refractivity contribution in [2.24, 2.45) is 0 Å². The lowest BCUT2D eigenvalue weighted by atomic mass is 9.84. The van der Waals surface area contributed by atoms with Gasteiger partial charge in [0.2, 0.25) is 5.91 Å². The Morgan fingerprint density at radius 2 is 1.78 bits per heavy atom. The van der Waals surface area contributed by atoms with Gasteiger partial charge in [-0.1, -0.05) is 24.3 Å². The fourth-order valence-electron chi connectivity index (χ4n) is 4.84. The average Bonchev–Trinajstić information content (AvgIpc) is 3.16. The van der Waals surface area contributed by atoms with Gasteiger partial charge < -0.3 is 9.80 Å². The van der Waals surface area contributed by atoms with Gasteiger partial charge in [0.25, 0.3) is 0 Å². The van der Waals surface area contributed by atoms with Crippen LogP contribution in [0.3, 0.4) is 0 Å². The highest BCUT2D eigenvalue weighted by atomic mass is 16.2. The number of hydrogen-bond donors (Lipinski definition) is 0. The molecule has 2 aliphatic rings. The Labute approximate surface area is 165 Å². The molecule has 0 spiro atoms. The second-order valence-electron chi connectivity index (χ2n) is 8.68. The van der Waals surface area contributed by atoms with Gasteiger partial charge in [-0.3, -0.25) is 9.69 Å². The first-order chi connectivity index (χ1) is 13.0. The van der Waals surface area contributed by atoms with Crippen LogP contribution in [0.25, 0.3) is 0 Å². The molecule has 27 heavy (non-hydrogen) atoms. The molecule has 2 saturated heterocycles. The number of rotatable bonds is 6. The minimum Gasteiger partial charge on any atom is -0.345 e. The van der Waals surface area contributed by atoms with Crippen LogP contribution in [0.1, 0.15) is 69.5 Å². The van der Waals surface area contributed by atoms with Crippen LogP contribution in [0.4, 0.5) is 0 Å². The predicted octanol–water partition coefficient (Wildman–Crippen LogP) is 3.89. The molecular formula is C23H37N3O. The molecule has 150 valence electrons. The van der Waals surface area contributed by atoms with Crippen molar-refractivity contribution in [1.82, 2.24) is 14.7 Å². The number of hydrogen-bond acceptors (Lipinski definition) is 3. The third kappa shape index (κ3) is 4.91. The maximum absolute atomic E-state index is 11.4. The number of likely N-dealkylation sites (N-methyl/N-ethyl adjacent to an activating group) is 1. The van der Waals surface area contributed by atoms with Gasteiger partial charge in [0.05, 0.1) is 0 Å². The van der Waals surface area contributed by atoms with E-state index >= 15 is 0 Å². The van der Waals surface area contributed by atoms with Crippen LogP contribution in [-0.4, -0.2) is 66.4 Å². The normalized spacial score (nSPS) is 22.5. The van der Waals surface area contributed by atoms with Gasteiger partial charge in [-0.2, -0.15) is 0 Å². The molecule has 2 heterocycles. The van der Waals surface area contributed by atoms with Crippen LogP contribution in [0.5, 0.6) is 0 Å². The highest BCUT2D eigenvalue weighted by molar-refractivity contribution is 5.72. The van der Waals surface area contributed by atoms with Gasteiger partial charge in [0, 0.05) is 39.1 Å². The van der Waals surface area contributed by atoms with Crippen molar-refractivity contribution in [3.05, 3.63) is 35.4 Å². The molecule has 0 bridgehead atoms. The molecule has 1 amide bonds. The van der Waals surface area contributed by atoms with E-state index in [2.05, 4.69) is 47.9 Å². The van der Waals surface area contributed by atoms with Crippen LogP contribution in [0.2, 0.25) is 0 Å². The van der Waals surface area contributed by atoms with Crippen molar-refractivity contribution in [3.8, 4) is 0 Å². The third-order valence-electron chi connectivity index (χ3n) is 6.63. The van der Waals surface area contributed by atoms with Crippen molar-refractivity contribution in [3.63, 3.8) is 0 Å². The van der Waals surface area contributed by atoms with Crippen molar-refractivity contribution < 1.29 is 4.79 Å². The predicted molar refractivity (Wildman–Crippen MR) is 112 cm³/mol. The SMILES string of the molecule is CC(=O)N(C)CCN1CCC(c2ccccc2[C@H]2CCCN2C(C)C)CC1. The van der Waals surface area contributed by atoms with Crippen molar-refractivity contribution >= 4 is 5.91 Å². The number of carbonyl (C=O) groups excluding carboxylic acids is 1. The van der Waals surface area contributed by atoms with Gasteiger partial charge in [-0.25, -0.2) is 0 Å². The number of likely N-dealkylation sites (tertiary alicyclic amines) is 2. The molecule has 4 heteroatoms. The van der Waals surface area contributed by atoms with Crippen molar-refractivity contribution in [1.29, 1.82) is 0 Å². The van der Waals surface area contributed by atoms with Crippen LogP contribution < -0.4 is 0 Å². The largest absolute Gasteiger partial charge is 0.345 e. The number of nitrogens with zero attached hydrogens (tertiary/aromatic N) is 3. The number of carbonyl (C=O) groups is 1. The Morgan fingerprint density at radius 1 is 1.11 bits per heavy atom. The molecule has 2 aliphatic heterocycles. The summed E-state index contributed by atoms with van der Waals surface area (Å²) in [7, 11) is 1.90. The monoisotopic (exact) mass is 371 g/mol. The van der Waals surface area contributed by atoms with E-state index in [9.17, 15) is 4.79 Å². The highest BCUT2D eigenvalue weighted by Crippen LogP contribution is 2.39. The Hall–Kier alpha value is -1.39. The summed E-state index contributed by atoms with van der Waals surface area (Å²) in [5.74, 6) is 0.836.